The van der Waals surface area contributed by atoms with Gasteiger partial charge in [-0.15, -0.1) is 0 Å². The number of carbonyl (C=O) groups excluding carboxylic acids is 1. The van der Waals surface area contributed by atoms with Crippen molar-refractivity contribution in [2.75, 3.05) is 19.7 Å². The van der Waals surface area contributed by atoms with E-state index in [0.717, 1.165) is 12.8 Å². The smallest absolute Gasteiger partial charge is 0.270 e. The molecule has 2 N–H and O–H groups in total. The number of amides is 1. The molecule has 6 heteroatoms. The highest BCUT2D eigenvalue weighted by atomic mass is 19.1. The monoisotopic (exact) mass is 346 g/mol. The number of ether oxygens (including phenoxy) is 1. The van der Waals surface area contributed by atoms with E-state index in [1.165, 1.54) is 6.07 Å². The maximum absolute atomic E-state index is 13.8. The molecule has 25 heavy (non-hydrogen) atoms. The maximum Gasteiger partial charge on any atom is 0.270 e. The summed E-state index contributed by atoms with van der Waals surface area (Å²) >= 11 is 0. The van der Waals surface area contributed by atoms with Crippen molar-refractivity contribution >= 4 is 16.8 Å². The Balaban J connectivity index is 1.48. The summed E-state index contributed by atoms with van der Waals surface area (Å²) < 4.78 is 19.6. The van der Waals surface area contributed by atoms with E-state index >= 15 is 0 Å². The van der Waals surface area contributed by atoms with Gasteiger partial charge >= 0.3 is 0 Å². The number of nitrogens with zero attached hydrogens (tertiary/aromatic N) is 1. The first-order chi connectivity index (χ1) is 12.0. The largest absolute Gasteiger partial charge is 0.392 e. The molecule has 1 aliphatic heterocycles. The number of aromatic nitrogens is 1. The van der Waals surface area contributed by atoms with Crippen LogP contribution in [0.1, 0.15) is 36.7 Å². The van der Waals surface area contributed by atoms with E-state index < -0.39 is 0 Å². The normalized spacial score (nSPS) is 25.3. The number of rotatable bonds is 3. The first-order valence-electron chi connectivity index (χ1n) is 8.91. The molecule has 4 rings (SSSR count). The summed E-state index contributed by atoms with van der Waals surface area (Å²) in [5, 5.41) is 10.7. The summed E-state index contributed by atoms with van der Waals surface area (Å²) in [6.45, 7) is 3.77. The summed E-state index contributed by atoms with van der Waals surface area (Å²) in [7, 11) is 0. The molecule has 1 aliphatic carbocycles. The predicted octanol–water partition coefficient (Wildman–Crippen LogP) is 2.70. The summed E-state index contributed by atoms with van der Waals surface area (Å²) in [6, 6.07) is 6.36. The minimum atomic E-state index is -0.344. The van der Waals surface area contributed by atoms with Crippen molar-refractivity contribution in [3.8, 4) is 0 Å². The topological polar surface area (TPSA) is 65.6 Å². The highest BCUT2D eigenvalue weighted by Gasteiger charge is 2.56. The van der Waals surface area contributed by atoms with E-state index in [4.69, 9.17) is 4.74 Å². The van der Waals surface area contributed by atoms with Crippen molar-refractivity contribution in [1.29, 1.82) is 0 Å². The standard InChI is InChI=1S/C19H23FN2O3/c1-2-25-17-11-16(23)19(17)6-8-22(9-7-19)18(24)15-10-12-13(20)4-3-5-14(12)21-15/h3-5,10,16-17,21,23H,2,6-9,11H2,1H3. The molecule has 1 aromatic carbocycles. The molecule has 2 aromatic rings. The third-order valence-corrected chi connectivity index (χ3v) is 5.93. The van der Waals surface area contributed by atoms with Gasteiger partial charge in [0, 0.05) is 42.4 Å². The van der Waals surface area contributed by atoms with Crippen molar-refractivity contribution in [2.45, 2.75) is 38.4 Å². The van der Waals surface area contributed by atoms with Crippen molar-refractivity contribution in [3.63, 3.8) is 0 Å². The zero-order valence-corrected chi connectivity index (χ0v) is 14.3. The zero-order chi connectivity index (χ0) is 17.6. The number of piperidine rings is 1. The van der Waals surface area contributed by atoms with Crippen LogP contribution >= 0.6 is 0 Å². The Morgan fingerprint density at radius 2 is 2.20 bits per heavy atom. The average Bonchev–Trinajstić information content (AvgIpc) is 3.07. The number of hydrogen-bond donors (Lipinski definition) is 2. The maximum atomic E-state index is 13.8. The number of aromatic amines is 1. The second-order valence-corrected chi connectivity index (χ2v) is 7.10. The van der Waals surface area contributed by atoms with Crippen LogP contribution in [0.3, 0.4) is 0 Å². The number of fused-ring (bicyclic) bond motifs is 1. The van der Waals surface area contributed by atoms with Gasteiger partial charge in [-0.2, -0.15) is 0 Å². The molecule has 1 aromatic heterocycles. The van der Waals surface area contributed by atoms with Crippen molar-refractivity contribution in [2.24, 2.45) is 5.41 Å². The highest BCUT2D eigenvalue weighted by Crippen LogP contribution is 2.51. The van der Waals surface area contributed by atoms with Gasteiger partial charge in [0.05, 0.1) is 12.2 Å². The van der Waals surface area contributed by atoms with Gasteiger partial charge in [0.1, 0.15) is 11.5 Å². The number of H-pyrrole nitrogens is 1. The van der Waals surface area contributed by atoms with E-state index in [0.29, 0.717) is 42.7 Å². The SMILES string of the molecule is CCOC1CC(O)C12CCN(C(=O)c1cc3c(F)cccc3[nH]1)CC2. The van der Waals surface area contributed by atoms with Crippen molar-refractivity contribution in [3.05, 3.63) is 35.8 Å². The fraction of sp³-hybridized carbons (Fsp3) is 0.526. The third-order valence-electron chi connectivity index (χ3n) is 5.93. The van der Waals surface area contributed by atoms with Crippen LogP contribution in [0.5, 0.6) is 0 Å². The van der Waals surface area contributed by atoms with Crippen LogP contribution in [0.15, 0.2) is 24.3 Å². The van der Waals surface area contributed by atoms with Crippen LogP contribution in [0, 0.1) is 11.2 Å². The minimum Gasteiger partial charge on any atom is -0.392 e. The Bertz CT molecular complexity index is 793. The zero-order valence-electron chi connectivity index (χ0n) is 14.3. The lowest BCUT2D eigenvalue weighted by molar-refractivity contribution is -0.207. The molecule has 2 aliphatic rings. The Morgan fingerprint density at radius 3 is 2.84 bits per heavy atom. The van der Waals surface area contributed by atoms with E-state index in [1.54, 1.807) is 23.1 Å². The Labute approximate surface area is 145 Å². The van der Waals surface area contributed by atoms with E-state index in [2.05, 4.69) is 4.98 Å². The number of likely N-dealkylation sites (tertiary alicyclic amines) is 1. The minimum absolute atomic E-state index is 0.0897. The third kappa shape index (κ3) is 2.55. The summed E-state index contributed by atoms with van der Waals surface area (Å²) in [5.41, 5.74) is 0.827. The second-order valence-electron chi connectivity index (χ2n) is 7.10. The van der Waals surface area contributed by atoms with E-state index in [1.807, 2.05) is 6.92 Å². The van der Waals surface area contributed by atoms with Crippen LogP contribution in [-0.4, -0.2) is 52.8 Å². The first-order valence-corrected chi connectivity index (χ1v) is 8.91. The quantitative estimate of drug-likeness (QED) is 0.898. The summed E-state index contributed by atoms with van der Waals surface area (Å²) in [5.74, 6) is -0.449. The summed E-state index contributed by atoms with van der Waals surface area (Å²) in [6.07, 6.45) is 1.90. The van der Waals surface area contributed by atoms with Crippen LogP contribution < -0.4 is 0 Å². The fourth-order valence-electron chi connectivity index (χ4n) is 4.35. The van der Waals surface area contributed by atoms with Crippen LogP contribution in [0.4, 0.5) is 4.39 Å². The number of halogens is 1. The summed E-state index contributed by atoms with van der Waals surface area (Å²) in [4.78, 5) is 17.6. The highest BCUT2D eigenvalue weighted by molar-refractivity contribution is 5.98. The van der Waals surface area contributed by atoms with Gasteiger partial charge in [0.15, 0.2) is 0 Å². The fourth-order valence-corrected chi connectivity index (χ4v) is 4.35. The molecule has 1 amide bonds. The average molecular weight is 346 g/mol. The molecule has 2 heterocycles. The van der Waals surface area contributed by atoms with Crippen molar-refractivity contribution in [1.82, 2.24) is 9.88 Å². The first kappa shape index (κ1) is 16.5. The molecular formula is C19H23FN2O3. The number of aliphatic hydroxyl groups is 1. The molecule has 1 saturated heterocycles. The molecule has 134 valence electrons. The molecule has 2 fully saturated rings. The second kappa shape index (κ2) is 6.11. The molecular weight excluding hydrogens is 323 g/mol. The molecule has 5 nitrogen and oxygen atoms in total. The molecule has 1 saturated carbocycles. The van der Waals surface area contributed by atoms with Gasteiger partial charge in [0.25, 0.3) is 5.91 Å². The molecule has 0 bridgehead atoms. The Kier molecular flexibility index (Phi) is 4.04. The number of benzene rings is 1. The number of aliphatic hydroxyl groups excluding tert-OH is 1. The lowest BCUT2D eigenvalue weighted by Gasteiger charge is -2.56. The Morgan fingerprint density at radius 1 is 1.44 bits per heavy atom. The Hall–Kier alpha value is -1.92. The van der Waals surface area contributed by atoms with Crippen LogP contribution in [0.2, 0.25) is 0 Å². The molecule has 2 atom stereocenters. The van der Waals surface area contributed by atoms with Gasteiger partial charge < -0.3 is 19.7 Å². The lowest BCUT2D eigenvalue weighted by Crippen LogP contribution is -2.62. The number of hydrogen-bond acceptors (Lipinski definition) is 3. The van der Waals surface area contributed by atoms with Crippen molar-refractivity contribution < 1.29 is 19.0 Å². The molecule has 0 radical (unpaired) electrons. The van der Waals surface area contributed by atoms with Gasteiger partial charge in [-0.3, -0.25) is 4.79 Å². The van der Waals surface area contributed by atoms with Gasteiger partial charge in [-0.05, 0) is 38.0 Å². The van der Waals surface area contributed by atoms with Gasteiger partial charge in [-0.25, -0.2) is 4.39 Å². The van der Waals surface area contributed by atoms with Crippen LogP contribution in [0.25, 0.3) is 10.9 Å². The lowest BCUT2D eigenvalue weighted by atomic mass is 9.58. The molecule has 1 spiro atoms. The van der Waals surface area contributed by atoms with E-state index in [9.17, 15) is 14.3 Å². The van der Waals surface area contributed by atoms with E-state index in [-0.39, 0.29) is 29.3 Å². The van der Waals surface area contributed by atoms with Gasteiger partial charge in [0.2, 0.25) is 0 Å². The predicted molar refractivity (Wildman–Crippen MR) is 91.9 cm³/mol. The number of carbonyl (C=O) groups is 1. The number of nitrogens with one attached hydrogen (secondary N) is 1. The molecule has 2 unspecified atom stereocenters. The van der Waals surface area contributed by atoms with Gasteiger partial charge in [-0.1, -0.05) is 6.07 Å². The van der Waals surface area contributed by atoms with Crippen LogP contribution in [-0.2, 0) is 4.74 Å².